The Morgan fingerprint density at radius 2 is 1.97 bits per heavy atom. The second kappa shape index (κ2) is 7.31. The van der Waals surface area contributed by atoms with Gasteiger partial charge in [-0.2, -0.15) is 0 Å². The zero-order valence-electron chi connectivity index (χ0n) is 19.3. The van der Waals surface area contributed by atoms with Gasteiger partial charge in [-0.3, -0.25) is 9.59 Å². The van der Waals surface area contributed by atoms with Crippen molar-refractivity contribution >= 4 is 11.8 Å². The highest BCUT2D eigenvalue weighted by molar-refractivity contribution is 5.80. The third-order valence-corrected chi connectivity index (χ3v) is 9.77. The van der Waals surface area contributed by atoms with Crippen molar-refractivity contribution in [3.63, 3.8) is 0 Å². The summed E-state index contributed by atoms with van der Waals surface area (Å²) in [5.41, 5.74) is 1.79. The third-order valence-electron chi connectivity index (χ3n) is 9.77. The molecule has 5 rings (SSSR count). The molecule has 3 fully saturated rings. The molecule has 0 spiro atoms. The monoisotopic (exact) mass is 424 g/mol. The number of carbonyl (C=O) groups excluding carboxylic acids is 2. The minimum absolute atomic E-state index is 0.0430. The molecule has 0 aromatic carbocycles. The number of ether oxygens (including phenoxy) is 1. The second-order valence-electron chi connectivity index (χ2n) is 11.2. The molecule has 168 valence electrons. The Bertz CT molecular complexity index is 906. The lowest BCUT2D eigenvalue weighted by atomic mass is 9.47. The molecule has 0 radical (unpaired) electrons. The molecule has 0 N–H and O–H groups in total. The standard InChI is InChI=1S/C26H36N2O3/c1-16(29)24-23(28-12-11-27-15-28)14-22-20-6-5-18-13-19(31-17(2)30)7-9-25(18,3)21(20)8-10-26(22,24)4/h5,11-12,15,19-24H,6-10,13-14H2,1-4H3/t19?,20-,21+,22+,23-,24+,25+,26+/m1/s1. The molecule has 5 nitrogen and oxygen atoms in total. The van der Waals surface area contributed by atoms with Gasteiger partial charge in [0.2, 0.25) is 0 Å². The molecular weight excluding hydrogens is 388 g/mol. The van der Waals surface area contributed by atoms with Gasteiger partial charge in [-0.25, -0.2) is 4.98 Å². The van der Waals surface area contributed by atoms with Crippen LogP contribution in [-0.2, 0) is 14.3 Å². The first kappa shape index (κ1) is 21.0. The van der Waals surface area contributed by atoms with Crippen LogP contribution in [0.4, 0.5) is 0 Å². The number of Topliss-reactive ketones (excluding diaryl/α,β-unsaturated/α-hetero) is 1. The molecule has 5 heteroatoms. The van der Waals surface area contributed by atoms with Crippen LogP contribution in [-0.4, -0.2) is 27.4 Å². The van der Waals surface area contributed by atoms with Crippen LogP contribution < -0.4 is 0 Å². The molecule has 0 bridgehead atoms. The van der Waals surface area contributed by atoms with Crippen molar-refractivity contribution in [3.8, 4) is 0 Å². The predicted octanol–water partition coefficient (Wildman–Crippen LogP) is 5.13. The third kappa shape index (κ3) is 3.14. The van der Waals surface area contributed by atoms with E-state index < -0.39 is 0 Å². The smallest absolute Gasteiger partial charge is 0.302 e. The Morgan fingerprint density at radius 1 is 1.16 bits per heavy atom. The van der Waals surface area contributed by atoms with Gasteiger partial charge in [0.05, 0.1) is 6.33 Å². The van der Waals surface area contributed by atoms with Gasteiger partial charge in [0.15, 0.2) is 0 Å². The number of fused-ring (bicyclic) bond motifs is 5. The van der Waals surface area contributed by atoms with Gasteiger partial charge in [0.1, 0.15) is 11.9 Å². The quantitative estimate of drug-likeness (QED) is 0.498. The summed E-state index contributed by atoms with van der Waals surface area (Å²) in [5.74, 6) is 2.11. The number of imidazole rings is 1. The number of carbonyl (C=O) groups is 2. The van der Waals surface area contributed by atoms with Crippen LogP contribution in [0.25, 0.3) is 0 Å². The summed E-state index contributed by atoms with van der Waals surface area (Å²) in [6, 6.07) is 0.228. The first-order valence-electron chi connectivity index (χ1n) is 12.1. The zero-order valence-corrected chi connectivity index (χ0v) is 19.3. The first-order valence-corrected chi connectivity index (χ1v) is 12.1. The normalized spacial score (nSPS) is 43.9. The van der Waals surface area contributed by atoms with Crippen molar-refractivity contribution < 1.29 is 14.3 Å². The summed E-state index contributed by atoms with van der Waals surface area (Å²) >= 11 is 0. The Morgan fingerprint density at radius 3 is 2.65 bits per heavy atom. The minimum atomic E-state index is -0.164. The summed E-state index contributed by atoms with van der Waals surface area (Å²) < 4.78 is 7.77. The molecule has 0 amide bonds. The summed E-state index contributed by atoms with van der Waals surface area (Å²) in [6.45, 7) is 8.18. The van der Waals surface area contributed by atoms with E-state index in [4.69, 9.17) is 4.74 Å². The van der Waals surface area contributed by atoms with Crippen molar-refractivity contribution in [3.05, 3.63) is 30.4 Å². The Hall–Kier alpha value is -1.91. The molecule has 0 aliphatic heterocycles. The lowest BCUT2D eigenvalue weighted by Gasteiger charge is -2.57. The number of ketones is 1. The molecule has 0 saturated heterocycles. The molecule has 1 unspecified atom stereocenters. The van der Waals surface area contributed by atoms with Gasteiger partial charge in [-0.05, 0) is 74.0 Å². The van der Waals surface area contributed by atoms with E-state index in [2.05, 4.69) is 29.5 Å². The van der Waals surface area contributed by atoms with E-state index in [1.165, 1.54) is 18.9 Å². The Labute approximate surface area is 185 Å². The fourth-order valence-corrected chi connectivity index (χ4v) is 8.47. The molecule has 31 heavy (non-hydrogen) atoms. The molecule has 4 aliphatic carbocycles. The van der Waals surface area contributed by atoms with Crippen LogP contribution in [0.15, 0.2) is 30.4 Å². The first-order chi connectivity index (χ1) is 14.7. The van der Waals surface area contributed by atoms with Gasteiger partial charge in [0, 0.05) is 37.7 Å². The van der Waals surface area contributed by atoms with Crippen molar-refractivity contribution in [1.29, 1.82) is 0 Å². The maximum absolute atomic E-state index is 12.9. The fourth-order valence-electron chi connectivity index (χ4n) is 8.47. The lowest BCUT2D eigenvalue weighted by molar-refractivity contribution is -0.149. The van der Waals surface area contributed by atoms with E-state index >= 15 is 0 Å². The van der Waals surface area contributed by atoms with E-state index in [1.54, 1.807) is 6.92 Å². The van der Waals surface area contributed by atoms with Gasteiger partial charge in [-0.15, -0.1) is 0 Å². The van der Waals surface area contributed by atoms with Gasteiger partial charge in [0.25, 0.3) is 0 Å². The highest BCUT2D eigenvalue weighted by Crippen LogP contribution is 2.68. The largest absolute Gasteiger partial charge is 0.462 e. The molecule has 1 aromatic heterocycles. The van der Waals surface area contributed by atoms with Crippen LogP contribution in [0.3, 0.4) is 0 Å². The summed E-state index contributed by atoms with van der Waals surface area (Å²) in [5, 5.41) is 0. The second-order valence-corrected chi connectivity index (χ2v) is 11.2. The van der Waals surface area contributed by atoms with E-state index in [1.807, 2.05) is 18.7 Å². The molecule has 8 atom stereocenters. The summed E-state index contributed by atoms with van der Waals surface area (Å²) in [7, 11) is 0. The molecular formula is C26H36N2O3. The topological polar surface area (TPSA) is 61.2 Å². The fraction of sp³-hybridized carbons (Fsp3) is 0.731. The zero-order chi connectivity index (χ0) is 22.0. The average Bonchev–Trinajstić information content (AvgIpc) is 3.33. The van der Waals surface area contributed by atoms with Crippen molar-refractivity contribution in [2.45, 2.75) is 84.8 Å². The lowest BCUT2D eigenvalue weighted by Crippen LogP contribution is -2.51. The van der Waals surface area contributed by atoms with Crippen LogP contribution in [0.2, 0.25) is 0 Å². The van der Waals surface area contributed by atoms with E-state index in [0.717, 1.165) is 38.5 Å². The van der Waals surface area contributed by atoms with Crippen LogP contribution in [0, 0.1) is 34.5 Å². The highest BCUT2D eigenvalue weighted by Gasteiger charge is 2.62. The summed E-state index contributed by atoms with van der Waals surface area (Å²) in [4.78, 5) is 28.7. The molecule has 3 saturated carbocycles. The highest BCUT2D eigenvalue weighted by atomic mass is 16.5. The van der Waals surface area contributed by atoms with Gasteiger partial charge < -0.3 is 9.30 Å². The number of esters is 1. The Balaban J connectivity index is 1.46. The van der Waals surface area contributed by atoms with E-state index in [-0.39, 0.29) is 34.9 Å². The van der Waals surface area contributed by atoms with Crippen LogP contribution in [0.1, 0.15) is 78.7 Å². The predicted molar refractivity (Wildman–Crippen MR) is 118 cm³/mol. The van der Waals surface area contributed by atoms with Crippen molar-refractivity contribution in [1.82, 2.24) is 9.55 Å². The van der Waals surface area contributed by atoms with Gasteiger partial charge in [-0.1, -0.05) is 25.5 Å². The number of hydrogen-bond donors (Lipinski definition) is 0. The van der Waals surface area contributed by atoms with E-state index in [0.29, 0.717) is 23.5 Å². The number of hydrogen-bond acceptors (Lipinski definition) is 4. The maximum atomic E-state index is 12.9. The van der Waals surface area contributed by atoms with E-state index in [9.17, 15) is 9.59 Å². The SMILES string of the molecule is CC(=O)OC1CC[C@@]2(C)C(=CC[C@H]3[C@@H]4C[C@@H](n5ccnc5)[C@H](C(C)=O)[C@@]4(C)CC[C@@H]32)C1. The van der Waals surface area contributed by atoms with Gasteiger partial charge >= 0.3 is 5.97 Å². The van der Waals surface area contributed by atoms with Crippen LogP contribution in [0.5, 0.6) is 0 Å². The molecule has 1 aromatic rings. The number of nitrogens with zero attached hydrogens (tertiary/aromatic N) is 2. The number of aromatic nitrogens is 2. The molecule has 4 aliphatic rings. The maximum Gasteiger partial charge on any atom is 0.302 e. The number of allylic oxidation sites excluding steroid dienone is 1. The Kier molecular flexibility index (Phi) is 4.95. The number of rotatable bonds is 3. The van der Waals surface area contributed by atoms with Crippen LogP contribution >= 0.6 is 0 Å². The van der Waals surface area contributed by atoms with Crippen molar-refractivity contribution in [2.75, 3.05) is 0 Å². The average molecular weight is 425 g/mol. The molecule has 1 heterocycles. The van der Waals surface area contributed by atoms with Crippen molar-refractivity contribution in [2.24, 2.45) is 34.5 Å². The summed E-state index contributed by atoms with van der Waals surface area (Å²) in [6.07, 6.45) is 15.8. The minimum Gasteiger partial charge on any atom is -0.462 e.